The van der Waals surface area contributed by atoms with Gasteiger partial charge in [0.2, 0.25) is 21.7 Å². The number of aryl methyl sites for hydroxylation is 1. The second kappa shape index (κ2) is 9.41. The normalized spacial score (nSPS) is 18.0. The van der Waals surface area contributed by atoms with Gasteiger partial charge >= 0.3 is 0 Å². The molecule has 0 N–H and O–H groups in total. The summed E-state index contributed by atoms with van der Waals surface area (Å²) in [5.74, 6) is -0.0516. The molecule has 2 amide bonds. The summed E-state index contributed by atoms with van der Waals surface area (Å²) in [5.41, 5.74) is 1.42. The molecule has 2 aliphatic heterocycles. The van der Waals surface area contributed by atoms with Crippen LogP contribution in [0.1, 0.15) is 41.1 Å². The van der Waals surface area contributed by atoms with Gasteiger partial charge in [0.25, 0.3) is 5.91 Å². The van der Waals surface area contributed by atoms with Crippen molar-refractivity contribution in [1.29, 1.82) is 0 Å². The number of hydrogen-bond donors (Lipinski definition) is 0. The summed E-state index contributed by atoms with van der Waals surface area (Å²) in [6.07, 6.45) is 3.04. The third-order valence-electron chi connectivity index (χ3n) is 5.99. The van der Waals surface area contributed by atoms with Gasteiger partial charge < -0.3 is 14.3 Å². The van der Waals surface area contributed by atoms with E-state index in [0.29, 0.717) is 45.0 Å². The molecular formula is C22H28N4O5S. The van der Waals surface area contributed by atoms with Gasteiger partial charge in [-0.05, 0) is 37.5 Å². The number of piperazine rings is 1. The topological polar surface area (TPSA) is 104 Å². The van der Waals surface area contributed by atoms with Crippen LogP contribution in [0.4, 0.5) is 0 Å². The summed E-state index contributed by atoms with van der Waals surface area (Å²) in [6.45, 7) is 4.62. The molecule has 9 nitrogen and oxygen atoms in total. The van der Waals surface area contributed by atoms with Crippen molar-refractivity contribution >= 4 is 21.8 Å². The molecule has 2 saturated heterocycles. The number of nitrogens with zero attached hydrogens (tertiary/aromatic N) is 4. The van der Waals surface area contributed by atoms with Crippen molar-refractivity contribution < 1.29 is 22.5 Å². The molecule has 0 saturated carbocycles. The van der Waals surface area contributed by atoms with E-state index in [1.54, 1.807) is 47.1 Å². The number of carbonyl (C=O) groups is 2. The molecule has 4 rings (SSSR count). The van der Waals surface area contributed by atoms with E-state index < -0.39 is 10.0 Å². The summed E-state index contributed by atoms with van der Waals surface area (Å²) in [7, 11) is -3.48. The number of rotatable bonds is 5. The smallest absolute Gasteiger partial charge is 0.292 e. The summed E-state index contributed by atoms with van der Waals surface area (Å²) in [5, 5.41) is 3.74. The molecule has 0 bridgehead atoms. The molecule has 2 fully saturated rings. The van der Waals surface area contributed by atoms with Crippen LogP contribution < -0.4 is 0 Å². The highest BCUT2D eigenvalue weighted by Gasteiger charge is 2.28. The van der Waals surface area contributed by atoms with Crippen molar-refractivity contribution in [3.8, 4) is 0 Å². The van der Waals surface area contributed by atoms with E-state index in [2.05, 4.69) is 5.16 Å². The molecule has 2 aliphatic rings. The summed E-state index contributed by atoms with van der Waals surface area (Å²) in [4.78, 5) is 28.8. The first kappa shape index (κ1) is 22.5. The number of aromatic nitrogens is 1. The lowest BCUT2D eigenvalue weighted by Gasteiger charge is -2.34. The minimum absolute atomic E-state index is 0.0424. The number of piperidine rings is 1. The fourth-order valence-corrected chi connectivity index (χ4v) is 5.62. The predicted molar refractivity (Wildman–Crippen MR) is 116 cm³/mol. The van der Waals surface area contributed by atoms with Crippen LogP contribution in [0, 0.1) is 6.92 Å². The minimum Gasteiger partial charge on any atom is -0.351 e. The lowest BCUT2D eigenvalue weighted by Crippen LogP contribution is -2.50. The molecule has 1 aromatic heterocycles. The van der Waals surface area contributed by atoms with Crippen LogP contribution in [0.2, 0.25) is 0 Å². The van der Waals surface area contributed by atoms with E-state index in [1.807, 2.05) is 0 Å². The maximum Gasteiger partial charge on any atom is 0.292 e. The molecule has 172 valence electrons. The summed E-state index contributed by atoms with van der Waals surface area (Å²) in [6, 6.07) is 8.20. The molecular weight excluding hydrogens is 432 g/mol. The highest BCUT2D eigenvalue weighted by molar-refractivity contribution is 7.89. The van der Waals surface area contributed by atoms with E-state index >= 15 is 0 Å². The fraction of sp³-hybridized carbons (Fsp3) is 0.500. The maximum atomic E-state index is 12.8. The Hall–Kier alpha value is -2.72. The lowest BCUT2D eigenvalue weighted by molar-refractivity contribution is -0.131. The van der Waals surface area contributed by atoms with Crippen LogP contribution in [-0.2, 0) is 21.2 Å². The van der Waals surface area contributed by atoms with Gasteiger partial charge in [-0.2, -0.15) is 4.31 Å². The SMILES string of the molecule is Cc1cc(C(=O)N2CCN(C(=O)Cc3ccc(S(=O)(=O)N4CCCCC4)cc3)CC2)on1. The fourth-order valence-electron chi connectivity index (χ4n) is 4.10. The van der Waals surface area contributed by atoms with E-state index in [4.69, 9.17) is 4.52 Å². The van der Waals surface area contributed by atoms with Crippen LogP contribution in [0.15, 0.2) is 39.8 Å². The third-order valence-corrected chi connectivity index (χ3v) is 7.90. The highest BCUT2D eigenvalue weighted by atomic mass is 32.2. The zero-order valence-corrected chi connectivity index (χ0v) is 19.0. The Labute approximate surface area is 188 Å². The van der Waals surface area contributed by atoms with Gasteiger partial charge in [-0.1, -0.05) is 23.7 Å². The van der Waals surface area contributed by atoms with Crippen molar-refractivity contribution in [2.24, 2.45) is 0 Å². The molecule has 0 spiro atoms. The average molecular weight is 461 g/mol. The number of hydrogen-bond acceptors (Lipinski definition) is 6. The Morgan fingerprint density at radius 1 is 0.938 bits per heavy atom. The molecule has 0 atom stereocenters. The Balaban J connectivity index is 1.31. The number of carbonyl (C=O) groups excluding carboxylic acids is 2. The first-order chi connectivity index (χ1) is 15.3. The van der Waals surface area contributed by atoms with Crippen molar-refractivity contribution in [3.63, 3.8) is 0 Å². The van der Waals surface area contributed by atoms with E-state index in [-0.39, 0.29) is 28.9 Å². The first-order valence-corrected chi connectivity index (χ1v) is 12.4. The van der Waals surface area contributed by atoms with Crippen molar-refractivity contribution in [2.45, 2.75) is 37.5 Å². The van der Waals surface area contributed by atoms with Crippen LogP contribution >= 0.6 is 0 Å². The first-order valence-electron chi connectivity index (χ1n) is 10.9. The van der Waals surface area contributed by atoms with Gasteiger partial charge in [0.1, 0.15) is 0 Å². The average Bonchev–Trinajstić information content (AvgIpc) is 3.26. The molecule has 0 unspecified atom stereocenters. The van der Waals surface area contributed by atoms with Crippen LogP contribution in [0.25, 0.3) is 0 Å². The molecule has 32 heavy (non-hydrogen) atoms. The van der Waals surface area contributed by atoms with Gasteiger partial charge in [0.15, 0.2) is 0 Å². The van der Waals surface area contributed by atoms with E-state index in [0.717, 1.165) is 24.8 Å². The number of benzene rings is 1. The van der Waals surface area contributed by atoms with Crippen molar-refractivity contribution in [1.82, 2.24) is 19.3 Å². The molecule has 0 aliphatic carbocycles. The second-order valence-electron chi connectivity index (χ2n) is 8.29. The van der Waals surface area contributed by atoms with E-state index in [9.17, 15) is 18.0 Å². The van der Waals surface area contributed by atoms with Gasteiger partial charge in [0, 0.05) is 45.3 Å². The largest absolute Gasteiger partial charge is 0.351 e. The predicted octanol–water partition coefficient (Wildman–Crippen LogP) is 1.68. The zero-order chi connectivity index (χ0) is 22.7. The molecule has 2 aromatic rings. The third kappa shape index (κ3) is 4.86. The second-order valence-corrected chi connectivity index (χ2v) is 10.2. The lowest BCUT2D eigenvalue weighted by atomic mass is 10.1. The minimum atomic E-state index is -3.48. The van der Waals surface area contributed by atoms with E-state index in [1.165, 1.54) is 4.31 Å². The van der Waals surface area contributed by atoms with Gasteiger partial charge in [0.05, 0.1) is 17.0 Å². The van der Waals surface area contributed by atoms with Crippen LogP contribution in [0.3, 0.4) is 0 Å². The Morgan fingerprint density at radius 2 is 1.56 bits per heavy atom. The monoisotopic (exact) mass is 460 g/mol. The quantitative estimate of drug-likeness (QED) is 0.673. The molecule has 0 radical (unpaired) electrons. The molecule has 1 aromatic carbocycles. The summed E-state index contributed by atoms with van der Waals surface area (Å²) >= 11 is 0. The molecule has 10 heteroatoms. The zero-order valence-electron chi connectivity index (χ0n) is 18.2. The Kier molecular flexibility index (Phi) is 6.61. The highest BCUT2D eigenvalue weighted by Crippen LogP contribution is 2.21. The Morgan fingerprint density at radius 3 is 2.16 bits per heavy atom. The maximum absolute atomic E-state index is 12.8. The van der Waals surface area contributed by atoms with Crippen molar-refractivity contribution in [2.75, 3.05) is 39.3 Å². The van der Waals surface area contributed by atoms with Gasteiger partial charge in [-0.25, -0.2) is 8.42 Å². The van der Waals surface area contributed by atoms with Gasteiger partial charge in [-0.3, -0.25) is 9.59 Å². The Bertz CT molecular complexity index is 1070. The van der Waals surface area contributed by atoms with Crippen molar-refractivity contribution in [3.05, 3.63) is 47.3 Å². The standard InChI is InChI=1S/C22H28N4O5S/c1-17-15-20(31-23-17)22(28)25-13-11-24(12-14-25)21(27)16-18-5-7-19(8-6-18)32(29,30)26-9-3-2-4-10-26/h5-8,15H,2-4,9-14,16H2,1H3. The number of sulfonamides is 1. The number of amides is 2. The van der Waals surface area contributed by atoms with Crippen LogP contribution in [-0.4, -0.2) is 78.8 Å². The molecule has 3 heterocycles. The van der Waals surface area contributed by atoms with Crippen LogP contribution in [0.5, 0.6) is 0 Å². The summed E-state index contributed by atoms with van der Waals surface area (Å²) < 4.78 is 32.1. The van der Waals surface area contributed by atoms with Gasteiger partial charge in [-0.15, -0.1) is 0 Å².